The molecule has 2 fully saturated rings. The van der Waals surface area contributed by atoms with Gasteiger partial charge < -0.3 is 15.5 Å². The summed E-state index contributed by atoms with van der Waals surface area (Å²) in [5.74, 6) is -0.209. The highest BCUT2D eigenvalue weighted by molar-refractivity contribution is 5.85. The molecule has 138 valence electrons. The summed E-state index contributed by atoms with van der Waals surface area (Å²) < 4.78 is 0. The average Bonchev–Trinajstić information content (AvgIpc) is 2.63. The van der Waals surface area contributed by atoms with Gasteiger partial charge >= 0.3 is 12.0 Å². The Morgan fingerprint density at radius 1 is 0.960 bits per heavy atom. The molecule has 0 aliphatic carbocycles. The first-order chi connectivity index (χ1) is 11.6. The zero-order valence-corrected chi connectivity index (χ0v) is 15.2. The number of hydrogen-bond acceptors (Lipinski definition) is 4. The van der Waals surface area contributed by atoms with E-state index in [2.05, 4.69) is 0 Å². The Hall–Kier alpha value is -1.79. The van der Waals surface area contributed by atoms with E-state index in [0.717, 1.165) is 31.5 Å². The molecule has 0 unspecified atom stereocenters. The van der Waals surface area contributed by atoms with Gasteiger partial charge in [-0.25, -0.2) is 9.59 Å². The van der Waals surface area contributed by atoms with E-state index in [9.17, 15) is 9.59 Å². The lowest BCUT2D eigenvalue weighted by Gasteiger charge is -2.40. The highest BCUT2D eigenvalue weighted by atomic mass is 35.5. The second-order valence-corrected chi connectivity index (χ2v) is 6.64. The van der Waals surface area contributed by atoms with Gasteiger partial charge in [0.2, 0.25) is 0 Å². The second-order valence-electron chi connectivity index (χ2n) is 6.64. The number of carbonyl (C=O) groups is 2. The molecular formula is C18H26ClN3O3. The molecule has 2 amide bonds. The third kappa shape index (κ3) is 4.25. The van der Waals surface area contributed by atoms with E-state index in [-0.39, 0.29) is 18.4 Å². The van der Waals surface area contributed by atoms with E-state index in [1.165, 1.54) is 6.42 Å². The van der Waals surface area contributed by atoms with Crippen LogP contribution in [0, 0.1) is 0 Å². The zero-order chi connectivity index (χ0) is 17.0. The molecule has 0 saturated carbocycles. The summed E-state index contributed by atoms with van der Waals surface area (Å²) in [5, 5.41) is 1.79. The van der Waals surface area contributed by atoms with Crippen LogP contribution in [0.1, 0.15) is 37.7 Å². The number of hydrogen-bond donors (Lipinski definition) is 1. The van der Waals surface area contributed by atoms with Crippen molar-refractivity contribution in [3.63, 3.8) is 0 Å². The van der Waals surface area contributed by atoms with Crippen LogP contribution < -0.4 is 5.73 Å². The van der Waals surface area contributed by atoms with Crippen molar-refractivity contribution in [2.75, 3.05) is 26.2 Å². The Labute approximate surface area is 154 Å². The lowest BCUT2D eigenvalue weighted by atomic mass is 9.73. The lowest BCUT2D eigenvalue weighted by molar-refractivity contribution is -0.203. The van der Waals surface area contributed by atoms with Crippen LogP contribution in [0.25, 0.3) is 0 Å². The minimum atomic E-state index is -0.704. The average molecular weight is 368 g/mol. The SMILES string of the molecule is Cl.NC(=O)N1CCC(C(=O)ON2CCCCC2)(c2ccccc2)CC1. The van der Waals surface area contributed by atoms with Crippen molar-refractivity contribution in [3.05, 3.63) is 35.9 Å². The van der Waals surface area contributed by atoms with Gasteiger partial charge in [0, 0.05) is 26.2 Å². The first-order valence-electron chi connectivity index (χ1n) is 8.69. The van der Waals surface area contributed by atoms with Crippen LogP contribution in [0.5, 0.6) is 0 Å². The number of nitrogens with zero attached hydrogens (tertiary/aromatic N) is 2. The highest BCUT2D eigenvalue weighted by Gasteiger charge is 2.45. The molecule has 2 N–H and O–H groups in total. The molecule has 0 spiro atoms. The monoisotopic (exact) mass is 367 g/mol. The molecule has 2 aliphatic heterocycles. The molecule has 2 heterocycles. The number of primary amides is 1. The summed E-state index contributed by atoms with van der Waals surface area (Å²) in [7, 11) is 0. The lowest BCUT2D eigenvalue weighted by Crippen LogP contribution is -2.52. The Morgan fingerprint density at radius 2 is 1.56 bits per heavy atom. The third-order valence-electron chi connectivity index (χ3n) is 5.17. The number of likely N-dealkylation sites (tertiary alicyclic amines) is 1. The molecule has 0 atom stereocenters. The fraction of sp³-hybridized carbons (Fsp3) is 0.556. The van der Waals surface area contributed by atoms with E-state index in [4.69, 9.17) is 10.6 Å². The van der Waals surface area contributed by atoms with Crippen molar-refractivity contribution in [1.29, 1.82) is 0 Å². The van der Waals surface area contributed by atoms with Crippen LogP contribution in [-0.4, -0.2) is 48.1 Å². The van der Waals surface area contributed by atoms with Crippen molar-refractivity contribution in [1.82, 2.24) is 9.96 Å². The molecule has 0 aromatic heterocycles. The van der Waals surface area contributed by atoms with Crippen LogP contribution in [-0.2, 0) is 15.0 Å². The van der Waals surface area contributed by atoms with Gasteiger partial charge in [0.05, 0.1) is 5.41 Å². The van der Waals surface area contributed by atoms with Crippen LogP contribution in [0.15, 0.2) is 30.3 Å². The predicted octanol–water partition coefficient (Wildman–Crippen LogP) is 2.46. The molecule has 2 saturated heterocycles. The van der Waals surface area contributed by atoms with Crippen LogP contribution in [0.4, 0.5) is 4.79 Å². The van der Waals surface area contributed by atoms with Crippen LogP contribution >= 0.6 is 12.4 Å². The number of piperidine rings is 2. The molecule has 7 heteroatoms. The molecule has 1 aromatic carbocycles. The van der Waals surface area contributed by atoms with Crippen LogP contribution in [0.3, 0.4) is 0 Å². The normalized spacial score (nSPS) is 20.4. The number of hydroxylamine groups is 2. The van der Waals surface area contributed by atoms with E-state index in [1.54, 1.807) is 9.96 Å². The molecule has 0 bridgehead atoms. The molecule has 1 aromatic rings. The molecule has 0 radical (unpaired) electrons. The number of carbonyl (C=O) groups excluding carboxylic acids is 2. The largest absolute Gasteiger partial charge is 0.367 e. The zero-order valence-electron chi connectivity index (χ0n) is 14.4. The van der Waals surface area contributed by atoms with Gasteiger partial charge in [0.1, 0.15) is 0 Å². The maximum Gasteiger partial charge on any atom is 0.335 e. The number of benzene rings is 1. The molecule has 25 heavy (non-hydrogen) atoms. The van der Waals surface area contributed by atoms with Crippen molar-refractivity contribution < 1.29 is 14.4 Å². The van der Waals surface area contributed by atoms with Gasteiger partial charge in [-0.2, -0.15) is 0 Å². The van der Waals surface area contributed by atoms with Crippen molar-refractivity contribution >= 4 is 24.4 Å². The Balaban J connectivity index is 0.00000225. The summed E-state index contributed by atoms with van der Waals surface area (Å²) in [5.41, 5.74) is 5.63. The van der Waals surface area contributed by atoms with E-state index in [1.807, 2.05) is 30.3 Å². The van der Waals surface area contributed by atoms with E-state index < -0.39 is 11.4 Å². The van der Waals surface area contributed by atoms with E-state index >= 15 is 0 Å². The van der Waals surface area contributed by atoms with Gasteiger partial charge in [-0.1, -0.05) is 36.8 Å². The van der Waals surface area contributed by atoms with Crippen molar-refractivity contribution in [3.8, 4) is 0 Å². The fourth-order valence-electron chi connectivity index (χ4n) is 3.64. The summed E-state index contributed by atoms with van der Waals surface area (Å²) >= 11 is 0. The second kappa shape index (κ2) is 8.54. The van der Waals surface area contributed by atoms with Gasteiger partial charge in [-0.3, -0.25) is 0 Å². The Bertz CT molecular complexity index is 582. The van der Waals surface area contributed by atoms with Crippen molar-refractivity contribution in [2.24, 2.45) is 5.73 Å². The van der Waals surface area contributed by atoms with E-state index in [0.29, 0.717) is 25.9 Å². The Kier molecular flexibility index (Phi) is 6.67. The first-order valence-corrected chi connectivity index (χ1v) is 8.69. The maximum atomic E-state index is 13.1. The van der Waals surface area contributed by atoms with Crippen molar-refractivity contribution in [2.45, 2.75) is 37.5 Å². The smallest absolute Gasteiger partial charge is 0.335 e. The summed E-state index contributed by atoms with van der Waals surface area (Å²) in [6.07, 6.45) is 4.37. The number of halogens is 1. The van der Waals surface area contributed by atoms with Gasteiger partial charge in [-0.05, 0) is 31.2 Å². The molecule has 3 rings (SSSR count). The van der Waals surface area contributed by atoms with Gasteiger partial charge in [0.15, 0.2) is 0 Å². The third-order valence-corrected chi connectivity index (χ3v) is 5.17. The molecule has 2 aliphatic rings. The first kappa shape index (κ1) is 19.5. The topological polar surface area (TPSA) is 75.9 Å². The van der Waals surface area contributed by atoms with Crippen LogP contribution in [0.2, 0.25) is 0 Å². The Morgan fingerprint density at radius 3 is 2.12 bits per heavy atom. The number of urea groups is 1. The number of amides is 2. The quantitative estimate of drug-likeness (QED) is 0.890. The minimum Gasteiger partial charge on any atom is -0.367 e. The summed E-state index contributed by atoms with van der Waals surface area (Å²) in [4.78, 5) is 31.8. The standard InChI is InChI=1S/C18H25N3O3.ClH/c19-17(23)20-13-9-18(10-14-20,15-7-3-1-4-8-15)16(22)24-21-11-5-2-6-12-21;/h1,3-4,7-8H,2,5-6,9-14H2,(H2,19,23);1H. The summed E-state index contributed by atoms with van der Waals surface area (Å²) in [6.45, 7) is 2.53. The minimum absolute atomic E-state index is 0. The summed E-state index contributed by atoms with van der Waals surface area (Å²) in [6, 6.07) is 9.32. The number of nitrogens with two attached hydrogens (primary N) is 1. The highest BCUT2D eigenvalue weighted by Crippen LogP contribution is 2.37. The fourth-order valence-corrected chi connectivity index (χ4v) is 3.64. The predicted molar refractivity (Wildman–Crippen MR) is 97.3 cm³/mol. The maximum absolute atomic E-state index is 13.1. The molecular weight excluding hydrogens is 342 g/mol. The van der Waals surface area contributed by atoms with Gasteiger partial charge in [0.25, 0.3) is 0 Å². The number of rotatable bonds is 3. The molecule has 6 nitrogen and oxygen atoms in total. The van der Waals surface area contributed by atoms with Gasteiger partial charge in [-0.15, -0.1) is 17.5 Å².